The van der Waals surface area contributed by atoms with Crippen LogP contribution in [0.25, 0.3) is 0 Å². The summed E-state index contributed by atoms with van der Waals surface area (Å²) in [5, 5.41) is 2.05. The van der Waals surface area contributed by atoms with Crippen LogP contribution in [0, 0.1) is 0 Å². The molecule has 0 saturated carbocycles. The molecule has 0 bridgehead atoms. The van der Waals surface area contributed by atoms with Gasteiger partial charge >= 0.3 is 0 Å². The Hall–Kier alpha value is 1.46. The van der Waals surface area contributed by atoms with Crippen LogP contribution in [0.1, 0.15) is 0 Å². The van der Waals surface area contributed by atoms with E-state index in [1.54, 1.807) is 12.1 Å². The molecule has 0 radical (unpaired) electrons. The summed E-state index contributed by atoms with van der Waals surface area (Å²) in [6.45, 7) is 0. The minimum atomic E-state index is 0.107. The molecule has 0 saturated heterocycles. The molecular weight excluding hydrogens is 492 g/mol. The third-order valence-corrected chi connectivity index (χ3v) is 8.40. The number of halogens is 8. The molecule has 0 aromatic heterocycles. The molecule has 0 atom stereocenters. The van der Waals surface area contributed by atoms with E-state index in [1.807, 2.05) is 0 Å². The van der Waals surface area contributed by atoms with Gasteiger partial charge < -0.3 is 0 Å². The molecule has 118 valence electrons. The van der Waals surface area contributed by atoms with Crippen LogP contribution in [0.3, 0.4) is 0 Å². The van der Waals surface area contributed by atoms with Crippen molar-refractivity contribution in [2.75, 3.05) is 0 Å². The van der Waals surface area contributed by atoms with E-state index in [0.29, 0.717) is 24.9 Å². The van der Waals surface area contributed by atoms with Crippen molar-refractivity contribution in [2.45, 2.75) is 9.79 Å². The monoisotopic (exact) mass is 490 g/mol. The SMILES string of the molecule is Clc1cc(Cl)c(SSc2c(Cl)c(Cl)c(Cl)c(Cl)c2Cl)c(Cl)c1. The summed E-state index contributed by atoms with van der Waals surface area (Å²) in [7, 11) is 2.46. The number of rotatable bonds is 3. The highest BCUT2D eigenvalue weighted by molar-refractivity contribution is 8.76. The van der Waals surface area contributed by atoms with Gasteiger partial charge in [-0.15, -0.1) is 0 Å². The molecule has 22 heavy (non-hydrogen) atoms. The second-order valence-electron chi connectivity index (χ2n) is 3.76. The molecule has 0 aliphatic heterocycles. The molecule has 0 amide bonds. The van der Waals surface area contributed by atoms with Crippen LogP contribution >= 0.6 is 114 Å². The van der Waals surface area contributed by atoms with Gasteiger partial charge in [0.1, 0.15) is 0 Å². The highest BCUT2D eigenvalue weighted by Gasteiger charge is 2.21. The molecule has 2 aromatic rings. The average Bonchev–Trinajstić information content (AvgIpc) is 2.45. The van der Waals surface area contributed by atoms with E-state index >= 15 is 0 Å². The van der Waals surface area contributed by atoms with Gasteiger partial charge in [-0.25, -0.2) is 0 Å². The Balaban J connectivity index is 2.38. The summed E-state index contributed by atoms with van der Waals surface area (Å²) >= 11 is 48.4. The molecule has 0 spiro atoms. The van der Waals surface area contributed by atoms with E-state index in [1.165, 1.54) is 21.6 Å². The maximum atomic E-state index is 6.17. The maximum absolute atomic E-state index is 6.17. The van der Waals surface area contributed by atoms with E-state index in [2.05, 4.69) is 0 Å². The lowest BCUT2D eigenvalue weighted by Gasteiger charge is -2.12. The summed E-state index contributed by atoms with van der Waals surface area (Å²) in [4.78, 5) is 1.09. The summed E-state index contributed by atoms with van der Waals surface area (Å²) in [6.07, 6.45) is 0. The quantitative estimate of drug-likeness (QED) is 0.237. The van der Waals surface area contributed by atoms with Crippen LogP contribution < -0.4 is 0 Å². The Morgan fingerprint density at radius 1 is 0.500 bits per heavy atom. The van der Waals surface area contributed by atoms with Crippen LogP contribution in [0.15, 0.2) is 21.9 Å². The van der Waals surface area contributed by atoms with Gasteiger partial charge in [0.05, 0.1) is 44.9 Å². The van der Waals surface area contributed by atoms with Crippen molar-refractivity contribution < 1.29 is 0 Å². The predicted octanol–water partition coefficient (Wildman–Crippen LogP) is 9.71. The van der Waals surface area contributed by atoms with Gasteiger partial charge in [-0.05, 0) is 33.7 Å². The number of hydrogen-bond acceptors (Lipinski definition) is 2. The van der Waals surface area contributed by atoms with Gasteiger partial charge in [0.15, 0.2) is 0 Å². The fourth-order valence-corrected chi connectivity index (χ4v) is 6.76. The molecule has 10 heteroatoms. The first kappa shape index (κ1) is 19.8. The van der Waals surface area contributed by atoms with Crippen molar-refractivity contribution in [1.29, 1.82) is 0 Å². The molecule has 0 aliphatic rings. The Morgan fingerprint density at radius 2 is 0.864 bits per heavy atom. The van der Waals surface area contributed by atoms with Crippen LogP contribution in [0.5, 0.6) is 0 Å². The Kier molecular flexibility index (Phi) is 7.40. The van der Waals surface area contributed by atoms with Crippen molar-refractivity contribution in [3.05, 3.63) is 52.3 Å². The molecule has 0 nitrogen and oxygen atoms in total. The second kappa shape index (κ2) is 8.23. The zero-order chi connectivity index (χ0) is 16.6. The first-order chi connectivity index (χ1) is 10.2. The molecule has 0 aliphatic carbocycles. The average molecular weight is 494 g/mol. The summed E-state index contributed by atoms with van der Waals surface area (Å²) in [5.74, 6) is 0. The van der Waals surface area contributed by atoms with E-state index in [4.69, 9.17) is 92.8 Å². The van der Waals surface area contributed by atoms with E-state index < -0.39 is 0 Å². The molecule has 0 unspecified atom stereocenters. The van der Waals surface area contributed by atoms with Gasteiger partial charge in [-0.3, -0.25) is 0 Å². The normalized spacial score (nSPS) is 11.1. The van der Waals surface area contributed by atoms with Crippen LogP contribution in [0.4, 0.5) is 0 Å². The Labute approximate surface area is 175 Å². The Morgan fingerprint density at radius 3 is 1.32 bits per heavy atom. The molecule has 0 N–H and O–H groups in total. The van der Waals surface area contributed by atoms with Crippen molar-refractivity contribution in [2.24, 2.45) is 0 Å². The van der Waals surface area contributed by atoms with Crippen molar-refractivity contribution in [1.82, 2.24) is 0 Å². The topological polar surface area (TPSA) is 0 Å². The molecular formula is C12H2Cl8S2. The van der Waals surface area contributed by atoms with Crippen LogP contribution in [-0.2, 0) is 0 Å². The van der Waals surface area contributed by atoms with Gasteiger partial charge in [0.2, 0.25) is 0 Å². The largest absolute Gasteiger partial charge is 0.0842 e. The second-order valence-corrected chi connectivity index (χ2v) is 9.05. The highest BCUT2D eigenvalue weighted by atomic mass is 35.5. The van der Waals surface area contributed by atoms with Gasteiger partial charge in [0, 0.05) is 5.02 Å². The number of benzene rings is 2. The van der Waals surface area contributed by atoms with Gasteiger partial charge in [0.25, 0.3) is 0 Å². The van der Waals surface area contributed by atoms with Crippen molar-refractivity contribution in [3.8, 4) is 0 Å². The fourth-order valence-electron chi connectivity index (χ4n) is 1.35. The van der Waals surface area contributed by atoms with Crippen molar-refractivity contribution in [3.63, 3.8) is 0 Å². The maximum Gasteiger partial charge on any atom is 0.0809 e. The summed E-state index contributed by atoms with van der Waals surface area (Å²) in [6, 6.07) is 3.17. The molecule has 0 heterocycles. The van der Waals surface area contributed by atoms with E-state index in [0.717, 1.165) is 0 Å². The lowest BCUT2D eigenvalue weighted by molar-refractivity contribution is 1.46. The van der Waals surface area contributed by atoms with Crippen LogP contribution in [0.2, 0.25) is 40.2 Å². The summed E-state index contributed by atoms with van der Waals surface area (Å²) in [5.41, 5.74) is 0. The van der Waals surface area contributed by atoms with E-state index in [9.17, 15) is 0 Å². The Bertz CT molecular complexity index is 694. The van der Waals surface area contributed by atoms with E-state index in [-0.39, 0.29) is 25.1 Å². The standard InChI is InChI=1S/C12H2Cl8S2/c13-3-1-4(14)11(5(15)2-3)21-22-12-9(19)7(17)6(16)8(18)10(12)20/h1-2H. The number of hydrogen-bond donors (Lipinski definition) is 0. The fraction of sp³-hybridized carbons (Fsp3) is 0. The molecule has 2 aromatic carbocycles. The minimum absolute atomic E-state index is 0.107. The molecule has 0 fully saturated rings. The zero-order valence-electron chi connectivity index (χ0n) is 9.99. The first-order valence-electron chi connectivity index (χ1n) is 5.24. The van der Waals surface area contributed by atoms with Crippen LogP contribution in [-0.4, -0.2) is 0 Å². The van der Waals surface area contributed by atoms with Gasteiger partial charge in [-0.1, -0.05) is 92.8 Å². The summed E-state index contributed by atoms with van der Waals surface area (Å²) < 4.78 is 0. The van der Waals surface area contributed by atoms with Crippen molar-refractivity contribution >= 4 is 114 Å². The first-order valence-corrected chi connectivity index (χ1v) is 10.4. The minimum Gasteiger partial charge on any atom is -0.0842 e. The zero-order valence-corrected chi connectivity index (χ0v) is 17.7. The molecule has 2 rings (SSSR count). The third kappa shape index (κ3) is 4.16. The lowest BCUT2D eigenvalue weighted by Crippen LogP contribution is -1.83. The third-order valence-electron chi connectivity index (χ3n) is 2.34. The van der Waals surface area contributed by atoms with Gasteiger partial charge in [-0.2, -0.15) is 0 Å². The highest BCUT2D eigenvalue weighted by Crippen LogP contribution is 2.53. The smallest absolute Gasteiger partial charge is 0.0809 e. The lowest BCUT2D eigenvalue weighted by atomic mass is 10.3. The predicted molar refractivity (Wildman–Crippen MR) is 105 cm³/mol.